The van der Waals surface area contributed by atoms with Gasteiger partial charge in [-0.3, -0.25) is 0 Å². The molecule has 1 aliphatic rings. The third-order valence-electron chi connectivity index (χ3n) is 3.73. The molecule has 0 unspecified atom stereocenters. The molecule has 0 aromatic heterocycles. The molecule has 0 aliphatic carbocycles. The van der Waals surface area contributed by atoms with E-state index in [2.05, 4.69) is 10.6 Å². The van der Waals surface area contributed by atoms with Gasteiger partial charge in [-0.1, -0.05) is 11.6 Å². The fourth-order valence-electron chi connectivity index (χ4n) is 2.43. The maximum Gasteiger partial charge on any atom is 0.315 e. The van der Waals surface area contributed by atoms with Crippen LogP contribution < -0.4 is 10.6 Å². The molecule has 0 spiro atoms. The van der Waals surface area contributed by atoms with Crippen LogP contribution in [-0.2, 0) is 10.0 Å². The Balaban J connectivity index is 1.61. The molecule has 24 heavy (non-hydrogen) atoms. The average molecular weight is 392 g/mol. The molecule has 0 radical (unpaired) electrons. The van der Waals surface area contributed by atoms with Gasteiger partial charge >= 0.3 is 6.03 Å². The number of thioether (sulfide) groups is 1. The van der Waals surface area contributed by atoms with Crippen molar-refractivity contribution < 1.29 is 13.2 Å². The summed E-state index contributed by atoms with van der Waals surface area (Å²) in [7, 11) is -3.13. The molecule has 1 aromatic rings. The van der Waals surface area contributed by atoms with Gasteiger partial charge in [-0.15, -0.1) is 11.8 Å². The highest BCUT2D eigenvalue weighted by atomic mass is 35.5. The van der Waals surface area contributed by atoms with E-state index in [0.717, 1.165) is 10.6 Å². The molecular formula is C15H22ClN3O3S2. The van der Waals surface area contributed by atoms with Crippen LogP contribution in [0.3, 0.4) is 0 Å². The maximum atomic E-state index is 11.9. The minimum Gasteiger partial charge on any atom is -0.337 e. The van der Waals surface area contributed by atoms with Crippen LogP contribution in [0.2, 0.25) is 5.02 Å². The Morgan fingerprint density at radius 3 is 2.50 bits per heavy atom. The van der Waals surface area contributed by atoms with Crippen LogP contribution in [0, 0.1) is 0 Å². The summed E-state index contributed by atoms with van der Waals surface area (Å²) in [4.78, 5) is 13.0. The summed E-state index contributed by atoms with van der Waals surface area (Å²) in [5, 5.41) is 6.43. The SMILES string of the molecule is CS(=O)(=O)N1CCC(NC(=O)NCCSc2ccc(Cl)cc2)CC1. The van der Waals surface area contributed by atoms with Gasteiger partial charge in [-0.2, -0.15) is 0 Å². The number of nitrogens with one attached hydrogen (secondary N) is 2. The molecule has 2 rings (SSSR count). The van der Waals surface area contributed by atoms with Crippen molar-refractivity contribution in [3.8, 4) is 0 Å². The van der Waals surface area contributed by atoms with Crippen LogP contribution >= 0.6 is 23.4 Å². The fourth-order valence-corrected chi connectivity index (χ4v) is 4.20. The summed E-state index contributed by atoms with van der Waals surface area (Å²) in [5.41, 5.74) is 0. The van der Waals surface area contributed by atoms with Crippen molar-refractivity contribution in [3.05, 3.63) is 29.3 Å². The van der Waals surface area contributed by atoms with Gasteiger partial charge < -0.3 is 10.6 Å². The predicted octanol–water partition coefficient (Wildman–Crippen LogP) is 2.16. The van der Waals surface area contributed by atoms with E-state index in [1.165, 1.54) is 10.6 Å². The summed E-state index contributed by atoms with van der Waals surface area (Å²) < 4.78 is 24.3. The zero-order chi connectivity index (χ0) is 17.6. The van der Waals surface area contributed by atoms with Crippen molar-refractivity contribution >= 4 is 39.4 Å². The standard InChI is InChI=1S/C15H22ClN3O3S2/c1-24(21,22)19-9-6-13(7-10-19)18-15(20)17-8-11-23-14-4-2-12(16)3-5-14/h2-5,13H,6-11H2,1H3,(H2,17,18,20). The van der Waals surface area contributed by atoms with E-state index in [9.17, 15) is 13.2 Å². The Morgan fingerprint density at radius 1 is 1.29 bits per heavy atom. The molecule has 1 aromatic carbocycles. The normalized spacial score (nSPS) is 16.8. The first kappa shape index (κ1) is 19.4. The van der Waals surface area contributed by atoms with E-state index in [4.69, 9.17) is 11.6 Å². The second-order valence-corrected chi connectivity index (χ2v) is 9.23. The number of benzene rings is 1. The number of urea groups is 1. The van der Waals surface area contributed by atoms with Gasteiger partial charge in [-0.05, 0) is 37.1 Å². The third-order valence-corrected chi connectivity index (χ3v) is 6.30. The first-order valence-electron chi connectivity index (χ1n) is 7.72. The van der Waals surface area contributed by atoms with Gasteiger partial charge in [0.05, 0.1) is 6.26 Å². The number of hydrogen-bond acceptors (Lipinski definition) is 4. The summed E-state index contributed by atoms with van der Waals surface area (Å²) >= 11 is 7.48. The van der Waals surface area contributed by atoms with Crippen LogP contribution in [0.25, 0.3) is 0 Å². The van der Waals surface area contributed by atoms with Crippen LogP contribution in [-0.4, -0.2) is 56.4 Å². The van der Waals surface area contributed by atoms with Crippen LogP contribution in [0.15, 0.2) is 29.2 Å². The van der Waals surface area contributed by atoms with Crippen molar-refractivity contribution in [2.45, 2.75) is 23.8 Å². The number of hydrogen-bond donors (Lipinski definition) is 2. The van der Waals surface area contributed by atoms with Gasteiger partial charge in [0.25, 0.3) is 0 Å². The van der Waals surface area contributed by atoms with Gasteiger partial charge in [0.15, 0.2) is 0 Å². The third kappa shape index (κ3) is 6.51. The van der Waals surface area contributed by atoms with Gasteiger partial charge in [0.1, 0.15) is 0 Å². The number of halogens is 1. The topological polar surface area (TPSA) is 78.5 Å². The lowest BCUT2D eigenvalue weighted by atomic mass is 10.1. The molecule has 0 atom stereocenters. The lowest BCUT2D eigenvalue weighted by Gasteiger charge is -2.30. The zero-order valence-electron chi connectivity index (χ0n) is 13.5. The molecular weight excluding hydrogens is 370 g/mol. The van der Waals surface area contributed by atoms with Crippen LogP contribution in [0.4, 0.5) is 4.79 Å². The monoisotopic (exact) mass is 391 g/mol. The van der Waals surface area contributed by atoms with Crippen molar-refractivity contribution in [2.75, 3.05) is 31.6 Å². The predicted molar refractivity (Wildman–Crippen MR) is 98.1 cm³/mol. The molecule has 9 heteroatoms. The maximum absolute atomic E-state index is 11.9. The highest BCUT2D eigenvalue weighted by Crippen LogP contribution is 2.19. The van der Waals surface area contributed by atoms with Crippen molar-refractivity contribution in [1.82, 2.24) is 14.9 Å². The Bertz CT molecular complexity index is 644. The molecule has 0 bridgehead atoms. The van der Waals surface area contributed by atoms with Gasteiger partial charge in [0, 0.05) is 41.3 Å². The number of carbonyl (C=O) groups excluding carboxylic acids is 1. The van der Waals surface area contributed by atoms with E-state index in [-0.39, 0.29) is 12.1 Å². The molecule has 1 heterocycles. The van der Waals surface area contributed by atoms with Crippen molar-refractivity contribution in [2.24, 2.45) is 0 Å². The van der Waals surface area contributed by atoms with Crippen molar-refractivity contribution in [1.29, 1.82) is 0 Å². The number of sulfonamides is 1. The van der Waals surface area contributed by atoms with Crippen molar-refractivity contribution in [3.63, 3.8) is 0 Å². The Morgan fingerprint density at radius 2 is 1.92 bits per heavy atom. The Kier molecular flexibility index (Phi) is 7.21. The average Bonchev–Trinajstić information content (AvgIpc) is 2.53. The second-order valence-electron chi connectivity index (χ2n) is 5.64. The van der Waals surface area contributed by atoms with Crippen LogP contribution in [0.1, 0.15) is 12.8 Å². The number of carbonyl (C=O) groups is 1. The first-order chi connectivity index (χ1) is 11.3. The molecule has 2 amide bonds. The Labute approximate surface area is 152 Å². The lowest BCUT2D eigenvalue weighted by Crippen LogP contribution is -2.49. The molecule has 1 saturated heterocycles. The molecule has 0 saturated carbocycles. The highest BCUT2D eigenvalue weighted by molar-refractivity contribution is 7.99. The number of amides is 2. The van der Waals surface area contributed by atoms with E-state index < -0.39 is 10.0 Å². The summed E-state index contributed by atoms with van der Waals surface area (Å²) in [6.07, 6.45) is 2.49. The first-order valence-corrected chi connectivity index (χ1v) is 10.9. The fraction of sp³-hybridized carbons (Fsp3) is 0.533. The van der Waals surface area contributed by atoms with Crippen LogP contribution in [0.5, 0.6) is 0 Å². The number of rotatable bonds is 6. The summed E-state index contributed by atoms with van der Waals surface area (Å²) in [6.45, 7) is 1.47. The summed E-state index contributed by atoms with van der Waals surface area (Å²) in [6, 6.07) is 7.39. The summed E-state index contributed by atoms with van der Waals surface area (Å²) in [5.74, 6) is 0.765. The minimum atomic E-state index is -3.13. The highest BCUT2D eigenvalue weighted by Gasteiger charge is 2.25. The van der Waals surface area contributed by atoms with E-state index in [1.807, 2.05) is 24.3 Å². The second kappa shape index (κ2) is 8.94. The number of piperidine rings is 1. The quantitative estimate of drug-likeness (QED) is 0.575. The van der Waals surface area contributed by atoms with E-state index in [1.54, 1.807) is 11.8 Å². The Hall–Kier alpha value is -0.960. The van der Waals surface area contributed by atoms with Gasteiger partial charge in [0.2, 0.25) is 10.0 Å². The zero-order valence-corrected chi connectivity index (χ0v) is 15.9. The molecule has 6 nitrogen and oxygen atoms in total. The molecule has 134 valence electrons. The van der Waals surface area contributed by atoms with E-state index in [0.29, 0.717) is 37.5 Å². The van der Waals surface area contributed by atoms with Gasteiger partial charge in [-0.25, -0.2) is 17.5 Å². The lowest BCUT2D eigenvalue weighted by molar-refractivity contribution is 0.228. The molecule has 1 fully saturated rings. The molecule has 2 N–H and O–H groups in total. The number of nitrogens with zero attached hydrogens (tertiary/aromatic N) is 1. The van der Waals surface area contributed by atoms with E-state index >= 15 is 0 Å². The largest absolute Gasteiger partial charge is 0.337 e. The smallest absolute Gasteiger partial charge is 0.315 e. The molecule has 1 aliphatic heterocycles. The minimum absolute atomic E-state index is 0.0203.